The normalized spacial score (nSPS) is 13.8. The second-order valence-corrected chi connectivity index (χ2v) is 11.5. The van der Waals surface area contributed by atoms with Gasteiger partial charge in [0, 0.05) is 5.56 Å². The summed E-state index contributed by atoms with van der Waals surface area (Å²) in [7, 11) is -5.83. The van der Waals surface area contributed by atoms with Gasteiger partial charge in [0.25, 0.3) is 0 Å². The molecule has 2 rings (SSSR count). The summed E-state index contributed by atoms with van der Waals surface area (Å²) in [6, 6.07) is 0. The van der Waals surface area contributed by atoms with E-state index in [1.165, 1.54) is 0 Å². The monoisotopic (exact) mass is 534 g/mol. The van der Waals surface area contributed by atoms with Crippen LogP contribution in [-0.2, 0) is 10.1 Å². The highest BCUT2D eigenvalue weighted by atomic mass is 32.2. The van der Waals surface area contributed by atoms with Gasteiger partial charge in [-0.3, -0.25) is 4.55 Å². The van der Waals surface area contributed by atoms with E-state index in [0.717, 1.165) is 0 Å². The molecule has 2 aromatic rings. The van der Waals surface area contributed by atoms with Crippen molar-refractivity contribution in [3.8, 4) is 11.5 Å². The summed E-state index contributed by atoms with van der Waals surface area (Å²) in [5.41, 5.74) is -2.49. The molecule has 0 spiro atoms. The molecule has 13 heteroatoms. The average molecular weight is 534 g/mol. The lowest BCUT2D eigenvalue weighted by molar-refractivity contribution is 0.215. The summed E-state index contributed by atoms with van der Waals surface area (Å²) in [6.45, 7) is 9.85. The highest BCUT2D eigenvalue weighted by Crippen LogP contribution is 2.47. The van der Waals surface area contributed by atoms with E-state index in [4.69, 9.17) is 4.55 Å². The maximum Gasteiger partial charge on any atom is 0.300 e. The summed E-state index contributed by atoms with van der Waals surface area (Å²) < 4.78 is 151. The molecule has 1 N–H and O–H groups in total. The first-order chi connectivity index (χ1) is 15.6. The third-order valence-corrected chi connectivity index (χ3v) is 5.99. The molecule has 0 bridgehead atoms. The summed E-state index contributed by atoms with van der Waals surface area (Å²) in [5, 5.41) is 0. The Kier molecular flexibility index (Phi) is 7.60. The molecule has 0 aromatic heterocycles. The standard InChI is InChI=1S/C22H22F8O4S/c1-21(2,3)7-8(22(4,5)6)9-10(23)12(25)18(13(26)11(9)24)34-19-14(27)16(29)20(35(31,32)33)17(30)15(19)28/h8H,7H2,1-6H3,(H,31,32,33). The second kappa shape index (κ2) is 9.23. The Hall–Kier alpha value is -2.41. The van der Waals surface area contributed by atoms with Crippen molar-refractivity contribution in [3.63, 3.8) is 0 Å². The number of hydrogen-bond donors (Lipinski definition) is 1. The van der Waals surface area contributed by atoms with Crippen LogP contribution < -0.4 is 4.74 Å². The third-order valence-electron chi connectivity index (χ3n) is 5.11. The van der Waals surface area contributed by atoms with E-state index in [0.29, 0.717) is 0 Å². The molecular weight excluding hydrogens is 512 g/mol. The van der Waals surface area contributed by atoms with E-state index in [-0.39, 0.29) is 6.42 Å². The predicted molar refractivity (Wildman–Crippen MR) is 109 cm³/mol. The summed E-state index contributed by atoms with van der Waals surface area (Å²) in [6.07, 6.45) is 0.0558. The van der Waals surface area contributed by atoms with Crippen LogP contribution in [0.25, 0.3) is 0 Å². The second-order valence-electron chi connectivity index (χ2n) is 10.2. The molecular formula is C22H22F8O4S. The van der Waals surface area contributed by atoms with Gasteiger partial charge in [0.05, 0.1) is 0 Å². The van der Waals surface area contributed by atoms with Crippen LogP contribution in [0.1, 0.15) is 59.4 Å². The van der Waals surface area contributed by atoms with Gasteiger partial charge in [-0.1, -0.05) is 41.5 Å². The van der Waals surface area contributed by atoms with E-state index in [2.05, 4.69) is 4.74 Å². The molecule has 1 atom stereocenters. The average Bonchev–Trinajstić information content (AvgIpc) is 2.67. The number of halogens is 8. The van der Waals surface area contributed by atoms with Crippen LogP contribution in [-0.4, -0.2) is 13.0 Å². The van der Waals surface area contributed by atoms with E-state index >= 15 is 8.78 Å². The third kappa shape index (κ3) is 5.55. The van der Waals surface area contributed by atoms with Crippen LogP contribution in [0.2, 0.25) is 0 Å². The van der Waals surface area contributed by atoms with Gasteiger partial charge in [-0.2, -0.15) is 26.0 Å². The van der Waals surface area contributed by atoms with Crippen molar-refractivity contribution < 1.29 is 52.8 Å². The first-order valence-corrected chi connectivity index (χ1v) is 11.4. The Balaban J connectivity index is 2.80. The van der Waals surface area contributed by atoms with Gasteiger partial charge in [0.1, 0.15) is 0 Å². The molecule has 196 valence electrons. The first-order valence-electron chi connectivity index (χ1n) is 9.98. The minimum Gasteiger partial charge on any atom is -0.444 e. The molecule has 0 saturated carbocycles. The Bertz CT molecular complexity index is 1220. The van der Waals surface area contributed by atoms with Crippen LogP contribution in [0.5, 0.6) is 11.5 Å². The van der Waals surface area contributed by atoms with Crippen LogP contribution >= 0.6 is 0 Å². The SMILES string of the molecule is CC(C)(C)CC(c1c(F)c(F)c(Oc2c(F)c(F)c(S(=O)(=O)O)c(F)c2F)c(F)c1F)C(C)(C)C. The molecule has 0 amide bonds. The van der Waals surface area contributed by atoms with Crippen molar-refractivity contribution in [2.24, 2.45) is 10.8 Å². The van der Waals surface area contributed by atoms with Crippen LogP contribution in [0, 0.1) is 57.4 Å². The smallest absolute Gasteiger partial charge is 0.300 e. The van der Waals surface area contributed by atoms with Gasteiger partial charge in [0.15, 0.2) is 28.2 Å². The van der Waals surface area contributed by atoms with Gasteiger partial charge < -0.3 is 4.74 Å². The predicted octanol–water partition coefficient (Wildman–Crippen LogP) is 7.40. The molecule has 0 heterocycles. The highest BCUT2D eigenvalue weighted by Gasteiger charge is 2.40. The molecule has 4 nitrogen and oxygen atoms in total. The van der Waals surface area contributed by atoms with Gasteiger partial charge in [-0.15, -0.1) is 0 Å². The molecule has 0 saturated heterocycles. The highest BCUT2D eigenvalue weighted by molar-refractivity contribution is 7.85. The maximum atomic E-state index is 15.0. The van der Waals surface area contributed by atoms with Crippen molar-refractivity contribution in [1.82, 2.24) is 0 Å². The molecule has 0 aliphatic rings. The van der Waals surface area contributed by atoms with Crippen LogP contribution in [0.3, 0.4) is 0 Å². The van der Waals surface area contributed by atoms with Crippen LogP contribution in [0.15, 0.2) is 4.90 Å². The fourth-order valence-corrected chi connectivity index (χ4v) is 4.12. The fraction of sp³-hybridized carbons (Fsp3) is 0.455. The Morgan fingerprint density at radius 3 is 1.31 bits per heavy atom. The van der Waals surface area contributed by atoms with Crippen LogP contribution in [0.4, 0.5) is 35.1 Å². The number of ether oxygens (including phenoxy) is 1. The van der Waals surface area contributed by atoms with Crippen molar-refractivity contribution in [3.05, 3.63) is 52.1 Å². The maximum absolute atomic E-state index is 15.0. The molecule has 2 aromatic carbocycles. The van der Waals surface area contributed by atoms with E-state index < -0.39 is 95.4 Å². The fourth-order valence-electron chi connectivity index (χ4n) is 3.49. The zero-order chi connectivity index (χ0) is 27.4. The van der Waals surface area contributed by atoms with Crippen molar-refractivity contribution in [2.75, 3.05) is 0 Å². The molecule has 1 unspecified atom stereocenters. The Morgan fingerprint density at radius 2 is 1.03 bits per heavy atom. The van der Waals surface area contributed by atoms with E-state index in [9.17, 15) is 34.8 Å². The molecule has 35 heavy (non-hydrogen) atoms. The van der Waals surface area contributed by atoms with Crippen molar-refractivity contribution in [2.45, 2.75) is 58.8 Å². The molecule has 0 radical (unpaired) electrons. The lowest BCUT2D eigenvalue weighted by Crippen LogP contribution is -2.26. The van der Waals surface area contributed by atoms with Gasteiger partial charge in [0.2, 0.25) is 34.8 Å². The summed E-state index contributed by atoms with van der Waals surface area (Å²) in [4.78, 5) is -2.44. The van der Waals surface area contributed by atoms with Crippen molar-refractivity contribution in [1.29, 1.82) is 0 Å². The summed E-state index contributed by atoms with van der Waals surface area (Å²) in [5.74, 6) is -24.5. The zero-order valence-corrected chi connectivity index (χ0v) is 20.2. The minimum absolute atomic E-state index is 0.0558. The molecule has 0 aliphatic heterocycles. The topological polar surface area (TPSA) is 63.6 Å². The molecule has 0 fully saturated rings. The lowest BCUT2D eigenvalue weighted by Gasteiger charge is -2.36. The quantitative estimate of drug-likeness (QED) is 0.247. The number of benzene rings is 2. The van der Waals surface area contributed by atoms with Gasteiger partial charge in [-0.05, 0) is 23.2 Å². The Labute approximate surface area is 196 Å². The van der Waals surface area contributed by atoms with E-state index in [1.54, 1.807) is 41.5 Å². The zero-order valence-electron chi connectivity index (χ0n) is 19.4. The summed E-state index contributed by atoms with van der Waals surface area (Å²) >= 11 is 0. The van der Waals surface area contributed by atoms with Gasteiger partial charge >= 0.3 is 10.1 Å². The lowest BCUT2D eigenvalue weighted by atomic mass is 9.69. The van der Waals surface area contributed by atoms with E-state index in [1.807, 2.05) is 0 Å². The first kappa shape index (κ1) is 28.8. The minimum atomic E-state index is -5.83. The number of rotatable bonds is 5. The molecule has 0 aliphatic carbocycles. The van der Waals surface area contributed by atoms with Crippen molar-refractivity contribution >= 4 is 10.1 Å². The number of hydrogen-bond acceptors (Lipinski definition) is 3. The van der Waals surface area contributed by atoms with Gasteiger partial charge in [-0.25, -0.2) is 17.6 Å². The Morgan fingerprint density at radius 1 is 0.686 bits per heavy atom. The largest absolute Gasteiger partial charge is 0.444 e.